The van der Waals surface area contributed by atoms with Crippen LogP contribution in [0.2, 0.25) is 0 Å². The van der Waals surface area contributed by atoms with Crippen LogP contribution < -0.4 is 10.7 Å². The molecule has 156 valence electrons. The van der Waals surface area contributed by atoms with E-state index in [4.69, 9.17) is 0 Å². The third kappa shape index (κ3) is 3.76. The smallest absolute Gasteiger partial charge is 0.245 e. The van der Waals surface area contributed by atoms with E-state index in [1.165, 1.54) is 0 Å². The van der Waals surface area contributed by atoms with Crippen molar-refractivity contribution >= 4 is 33.4 Å². The van der Waals surface area contributed by atoms with Crippen LogP contribution in [0.4, 0.5) is 5.82 Å². The molecule has 0 fully saturated rings. The number of nitrogens with one attached hydrogen (secondary N) is 1. The summed E-state index contributed by atoms with van der Waals surface area (Å²) in [6.07, 6.45) is 3.52. The Morgan fingerprint density at radius 1 is 0.938 bits per heavy atom. The lowest BCUT2D eigenvalue weighted by Gasteiger charge is -2.14. The van der Waals surface area contributed by atoms with Gasteiger partial charge in [-0.25, -0.2) is 4.98 Å². The second-order valence-electron chi connectivity index (χ2n) is 7.85. The Hall–Kier alpha value is -4.25. The number of hydrogen-bond donors (Lipinski definition) is 1. The molecule has 1 N–H and O–H groups in total. The molecule has 2 aromatic heterocycles. The molecule has 5 heteroatoms. The maximum Gasteiger partial charge on any atom is 0.245 e. The van der Waals surface area contributed by atoms with Gasteiger partial charge in [-0.1, -0.05) is 60.7 Å². The van der Waals surface area contributed by atoms with E-state index in [0.717, 1.165) is 27.4 Å². The van der Waals surface area contributed by atoms with E-state index in [1.807, 2.05) is 90.4 Å². The molecule has 0 radical (unpaired) electrons. The zero-order valence-corrected chi connectivity index (χ0v) is 17.6. The first-order valence-electron chi connectivity index (χ1n) is 10.4. The molecule has 0 aliphatic heterocycles. The van der Waals surface area contributed by atoms with Gasteiger partial charge in [0.2, 0.25) is 5.91 Å². The van der Waals surface area contributed by atoms with E-state index in [1.54, 1.807) is 12.4 Å². The van der Waals surface area contributed by atoms with Gasteiger partial charge in [-0.2, -0.15) is 0 Å². The molecular formula is C27H21N3O2. The molecule has 0 aliphatic rings. The van der Waals surface area contributed by atoms with Crippen molar-refractivity contribution in [3.63, 3.8) is 0 Å². The highest BCUT2D eigenvalue weighted by Gasteiger charge is 2.13. The van der Waals surface area contributed by atoms with Gasteiger partial charge in [0.05, 0.1) is 5.52 Å². The summed E-state index contributed by atoms with van der Waals surface area (Å²) in [5, 5.41) is 5.50. The molecule has 0 saturated heterocycles. The highest BCUT2D eigenvalue weighted by molar-refractivity contribution is 5.94. The fraction of sp³-hybridized carbons (Fsp3) is 0.0741. The molecule has 32 heavy (non-hydrogen) atoms. The Morgan fingerprint density at radius 2 is 1.69 bits per heavy atom. The van der Waals surface area contributed by atoms with Gasteiger partial charge in [-0.15, -0.1) is 0 Å². The number of rotatable bonds is 4. The molecule has 0 atom stereocenters. The van der Waals surface area contributed by atoms with Gasteiger partial charge < -0.3 is 9.88 Å². The lowest BCUT2D eigenvalue weighted by atomic mass is 10.0. The molecule has 0 saturated carbocycles. The average molecular weight is 419 g/mol. The van der Waals surface area contributed by atoms with Crippen LogP contribution in [0.1, 0.15) is 5.56 Å². The number of carbonyl (C=O) groups excluding carboxylic acids is 1. The van der Waals surface area contributed by atoms with Gasteiger partial charge in [0.25, 0.3) is 0 Å². The number of anilines is 1. The number of nitrogens with zero attached hydrogens (tertiary/aromatic N) is 2. The molecule has 2 heterocycles. The second-order valence-corrected chi connectivity index (χ2v) is 7.85. The van der Waals surface area contributed by atoms with Crippen LogP contribution in [-0.4, -0.2) is 15.5 Å². The predicted molar refractivity (Wildman–Crippen MR) is 129 cm³/mol. The summed E-state index contributed by atoms with van der Waals surface area (Å²) in [4.78, 5) is 30.5. The van der Waals surface area contributed by atoms with E-state index < -0.39 is 0 Å². The minimum absolute atomic E-state index is 0.0425. The molecule has 0 aliphatic carbocycles. The maximum atomic E-state index is 13.2. The van der Waals surface area contributed by atoms with Crippen LogP contribution in [0.15, 0.2) is 96.1 Å². The number of aromatic nitrogens is 2. The van der Waals surface area contributed by atoms with Crippen molar-refractivity contribution in [1.29, 1.82) is 0 Å². The van der Waals surface area contributed by atoms with Gasteiger partial charge in [-0.05, 0) is 41.6 Å². The topological polar surface area (TPSA) is 64.0 Å². The number of pyridine rings is 2. The standard InChI is InChI=1S/C27H21N3O2/c1-18-11-12-22-24(13-18)30(16-23(27(22)32)19-7-3-2-4-8-19)17-26(31)29-25-14-20-9-5-6-10-21(20)15-28-25/h2-16H,17H2,1H3,(H,28,29,31). The summed E-state index contributed by atoms with van der Waals surface area (Å²) < 4.78 is 1.84. The third-order valence-corrected chi connectivity index (χ3v) is 5.53. The Balaban J connectivity index is 1.53. The molecule has 0 spiro atoms. The quantitative estimate of drug-likeness (QED) is 0.437. The first-order chi connectivity index (χ1) is 15.6. The van der Waals surface area contributed by atoms with Crippen molar-refractivity contribution in [1.82, 2.24) is 9.55 Å². The molecule has 0 bridgehead atoms. The highest BCUT2D eigenvalue weighted by atomic mass is 16.2. The van der Waals surface area contributed by atoms with Crippen LogP contribution in [0.3, 0.4) is 0 Å². The number of carbonyl (C=O) groups is 1. The summed E-state index contributed by atoms with van der Waals surface area (Å²) in [7, 11) is 0. The highest BCUT2D eigenvalue weighted by Crippen LogP contribution is 2.21. The monoisotopic (exact) mass is 419 g/mol. The second kappa shape index (κ2) is 8.12. The van der Waals surface area contributed by atoms with Crippen LogP contribution in [-0.2, 0) is 11.3 Å². The van der Waals surface area contributed by atoms with E-state index >= 15 is 0 Å². The van der Waals surface area contributed by atoms with Gasteiger partial charge in [0.1, 0.15) is 12.4 Å². The average Bonchev–Trinajstić information content (AvgIpc) is 2.81. The van der Waals surface area contributed by atoms with Crippen molar-refractivity contribution < 1.29 is 4.79 Å². The zero-order chi connectivity index (χ0) is 22.1. The lowest BCUT2D eigenvalue weighted by Crippen LogP contribution is -2.22. The minimum Gasteiger partial charge on any atom is -0.337 e. The Kier molecular flexibility index (Phi) is 5.00. The first kappa shape index (κ1) is 19.7. The summed E-state index contributed by atoms with van der Waals surface area (Å²) in [6.45, 7) is 2.03. The Bertz CT molecular complexity index is 1520. The summed E-state index contributed by atoms with van der Waals surface area (Å²) in [6, 6.07) is 24.9. The number of aryl methyl sites for hydroxylation is 1. The minimum atomic E-state index is -0.210. The zero-order valence-electron chi connectivity index (χ0n) is 17.6. The van der Waals surface area contributed by atoms with Crippen molar-refractivity contribution in [2.45, 2.75) is 13.5 Å². The SMILES string of the molecule is Cc1ccc2c(=O)c(-c3ccccc3)cn(CC(=O)Nc3cc4ccccc4cn3)c2c1. The summed E-state index contributed by atoms with van der Waals surface area (Å²) in [5.41, 5.74) is 3.11. The largest absolute Gasteiger partial charge is 0.337 e. The van der Waals surface area contributed by atoms with Crippen molar-refractivity contribution in [3.8, 4) is 11.1 Å². The molecule has 5 aromatic rings. The molecule has 5 nitrogen and oxygen atoms in total. The number of amides is 1. The number of benzene rings is 3. The van der Waals surface area contributed by atoms with E-state index in [2.05, 4.69) is 10.3 Å². The van der Waals surface area contributed by atoms with Crippen LogP contribution >= 0.6 is 0 Å². The maximum absolute atomic E-state index is 13.2. The van der Waals surface area contributed by atoms with Crippen molar-refractivity contribution in [2.24, 2.45) is 0 Å². The van der Waals surface area contributed by atoms with Gasteiger partial charge in [0, 0.05) is 28.7 Å². The van der Waals surface area contributed by atoms with Crippen molar-refractivity contribution in [2.75, 3.05) is 5.32 Å². The summed E-state index contributed by atoms with van der Waals surface area (Å²) in [5.74, 6) is 0.289. The van der Waals surface area contributed by atoms with E-state index in [0.29, 0.717) is 16.8 Å². The van der Waals surface area contributed by atoms with Crippen LogP contribution in [0.5, 0.6) is 0 Å². The van der Waals surface area contributed by atoms with E-state index in [-0.39, 0.29) is 17.9 Å². The fourth-order valence-corrected chi connectivity index (χ4v) is 3.94. The Labute approximate surface area is 185 Å². The molecule has 5 rings (SSSR count). The predicted octanol–water partition coefficient (Wildman–Crippen LogP) is 5.16. The fourth-order valence-electron chi connectivity index (χ4n) is 3.94. The molecule has 1 amide bonds. The van der Waals surface area contributed by atoms with Crippen LogP contribution in [0.25, 0.3) is 32.8 Å². The van der Waals surface area contributed by atoms with Crippen LogP contribution in [0, 0.1) is 6.92 Å². The van der Waals surface area contributed by atoms with Crippen molar-refractivity contribution in [3.05, 3.63) is 107 Å². The molecule has 3 aromatic carbocycles. The summed E-state index contributed by atoms with van der Waals surface area (Å²) >= 11 is 0. The van der Waals surface area contributed by atoms with Gasteiger partial charge in [0.15, 0.2) is 5.43 Å². The Morgan fingerprint density at radius 3 is 2.50 bits per heavy atom. The number of fused-ring (bicyclic) bond motifs is 2. The third-order valence-electron chi connectivity index (χ3n) is 5.53. The van der Waals surface area contributed by atoms with E-state index in [9.17, 15) is 9.59 Å². The molecule has 0 unspecified atom stereocenters. The van der Waals surface area contributed by atoms with Gasteiger partial charge in [-0.3, -0.25) is 9.59 Å². The van der Waals surface area contributed by atoms with Gasteiger partial charge >= 0.3 is 0 Å². The first-order valence-corrected chi connectivity index (χ1v) is 10.4. The number of hydrogen-bond acceptors (Lipinski definition) is 3. The normalized spacial score (nSPS) is 11.0. The lowest BCUT2D eigenvalue weighted by molar-refractivity contribution is -0.116. The molecular weight excluding hydrogens is 398 g/mol.